The predicted octanol–water partition coefficient (Wildman–Crippen LogP) is 1.42. The summed E-state index contributed by atoms with van der Waals surface area (Å²) in [5.41, 5.74) is 3.69. The first-order valence-corrected chi connectivity index (χ1v) is 9.10. The van der Waals surface area contributed by atoms with Crippen LogP contribution in [-0.2, 0) is 0 Å². The number of piperazine rings is 1. The molecule has 5 heterocycles. The Morgan fingerprint density at radius 3 is 2.48 bits per heavy atom. The molecular formula is C18H21N9. The van der Waals surface area contributed by atoms with Gasteiger partial charge in [0.25, 0.3) is 0 Å². The van der Waals surface area contributed by atoms with Gasteiger partial charge in [0.2, 0.25) is 5.65 Å². The first kappa shape index (κ1) is 16.0. The standard InChI is InChI=1S/C18H21N9/c1-12-11-16(27-15(20-12)10-13(2)23-27)24-6-8-25(9-7-24)17-18-22-21-14(3)26(18)5-4-19-17/h4-5,10-11H,6-9H2,1-3H3. The van der Waals surface area contributed by atoms with Crippen LogP contribution >= 0.6 is 0 Å². The molecule has 0 spiro atoms. The van der Waals surface area contributed by atoms with E-state index in [4.69, 9.17) is 0 Å². The third kappa shape index (κ3) is 2.57. The van der Waals surface area contributed by atoms with E-state index in [-0.39, 0.29) is 0 Å². The van der Waals surface area contributed by atoms with E-state index >= 15 is 0 Å². The van der Waals surface area contributed by atoms with Crippen LogP contribution in [0.5, 0.6) is 0 Å². The minimum absolute atomic E-state index is 0.813. The van der Waals surface area contributed by atoms with Crippen molar-refractivity contribution < 1.29 is 0 Å². The van der Waals surface area contributed by atoms with Crippen LogP contribution < -0.4 is 9.80 Å². The summed E-state index contributed by atoms with van der Waals surface area (Å²) in [6.07, 6.45) is 3.72. The van der Waals surface area contributed by atoms with Gasteiger partial charge in [0, 0.05) is 56.4 Å². The predicted molar refractivity (Wildman–Crippen MR) is 102 cm³/mol. The highest BCUT2D eigenvalue weighted by atomic mass is 15.4. The third-order valence-corrected chi connectivity index (χ3v) is 5.04. The summed E-state index contributed by atoms with van der Waals surface area (Å²) in [7, 11) is 0. The van der Waals surface area contributed by atoms with E-state index < -0.39 is 0 Å². The lowest BCUT2D eigenvalue weighted by atomic mass is 10.3. The molecule has 27 heavy (non-hydrogen) atoms. The number of anilines is 2. The molecule has 0 N–H and O–H groups in total. The molecule has 0 aromatic carbocycles. The highest BCUT2D eigenvalue weighted by molar-refractivity contribution is 5.64. The average Bonchev–Trinajstić information content (AvgIpc) is 3.23. The summed E-state index contributed by atoms with van der Waals surface area (Å²) >= 11 is 0. The molecule has 0 radical (unpaired) electrons. The maximum absolute atomic E-state index is 4.62. The molecule has 1 saturated heterocycles. The van der Waals surface area contributed by atoms with Crippen LogP contribution in [-0.4, -0.2) is 60.4 Å². The van der Waals surface area contributed by atoms with Crippen molar-refractivity contribution in [1.29, 1.82) is 0 Å². The Kier molecular flexibility index (Phi) is 3.49. The van der Waals surface area contributed by atoms with Crippen molar-refractivity contribution in [2.45, 2.75) is 20.8 Å². The molecule has 9 nitrogen and oxygen atoms in total. The monoisotopic (exact) mass is 363 g/mol. The number of hydrogen-bond donors (Lipinski definition) is 0. The Hall–Kier alpha value is -3.23. The van der Waals surface area contributed by atoms with E-state index in [0.717, 1.165) is 66.3 Å². The van der Waals surface area contributed by atoms with E-state index in [9.17, 15) is 0 Å². The SMILES string of the molecule is Cc1cc(N2CCN(c3nccn4c(C)nnc34)CC2)n2nc(C)cc2n1. The molecule has 4 aromatic heterocycles. The van der Waals surface area contributed by atoms with Crippen LogP contribution in [0.4, 0.5) is 11.6 Å². The van der Waals surface area contributed by atoms with Crippen LogP contribution in [0, 0.1) is 20.8 Å². The number of fused-ring (bicyclic) bond motifs is 2. The van der Waals surface area contributed by atoms with Gasteiger partial charge < -0.3 is 9.80 Å². The van der Waals surface area contributed by atoms with Crippen LogP contribution in [0.15, 0.2) is 24.5 Å². The first-order chi connectivity index (χ1) is 13.1. The Morgan fingerprint density at radius 1 is 0.889 bits per heavy atom. The molecule has 0 unspecified atom stereocenters. The highest BCUT2D eigenvalue weighted by Gasteiger charge is 2.23. The van der Waals surface area contributed by atoms with Gasteiger partial charge in [-0.05, 0) is 20.8 Å². The second-order valence-corrected chi connectivity index (χ2v) is 6.98. The van der Waals surface area contributed by atoms with Gasteiger partial charge in [0.15, 0.2) is 11.5 Å². The van der Waals surface area contributed by atoms with Crippen molar-refractivity contribution in [2.24, 2.45) is 0 Å². The second-order valence-electron chi connectivity index (χ2n) is 6.98. The Morgan fingerprint density at radius 2 is 1.67 bits per heavy atom. The molecule has 0 aliphatic carbocycles. The molecule has 1 aliphatic heterocycles. The molecule has 0 atom stereocenters. The average molecular weight is 363 g/mol. The molecule has 0 saturated carbocycles. The third-order valence-electron chi connectivity index (χ3n) is 5.04. The molecule has 0 bridgehead atoms. The molecule has 1 aliphatic rings. The van der Waals surface area contributed by atoms with E-state index in [1.807, 2.05) is 48.1 Å². The maximum Gasteiger partial charge on any atom is 0.203 e. The minimum atomic E-state index is 0.813. The molecule has 138 valence electrons. The first-order valence-electron chi connectivity index (χ1n) is 9.10. The summed E-state index contributed by atoms with van der Waals surface area (Å²) in [5, 5.41) is 13.1. The Balaban J connectivity index is 1.43. The molecular weight excluding hydrogens is 342 g/mol. The summed E-state index contributed by atoms with van der Waals surface area (Å²) in [6.45, 7) is 9.47. The van der Waals surface area contributed by atoms with Gasteiger partial charge in [0.1, 0.15) is 11.6 Å². The fraction of sp³-hybridized carbons (Fsp3) is 0.389. The smallest absolute Gasteiger partial charge is 0.203 e. The topological polar surface area (TPSA) is 79.8 Å². The van der Waals surface area contributed by atoms with E-state index in [2.05, 4.69) is 41.1 Å². The van der Waals surface area contributed by atoms with Gasteiger partial charge in [0.05, 0.1) is 5.69 Å². The van der Waals surface area contributed by atoms with Gasteiger partial charge in [-0.15, -0.1) is 10.2 Å². The Labute approximate surface area is 156 Å². The van der Waals surface area contributed by atoms with Gasteiger partial charge in [-0.3, -0.25) is 4.40 Å². The fourth-order valence-corrected chi connectivity index (χ4v) is 3.72. The zero-order chi connectivity index (χ0) is 18.5. The van der Waals surface area contributed by atoms with Crippen LogP contribution in [0.25, 0.3) is 11.3 Å². The van der Waals surface area contributed by atoms with Gasteiger partial charge in [-0.1, -0.05) is 0 Å². The Bertz CT molecular complexity index is 1130. The van der Waals surface area contributed by atoms with E-state index in [1.54, 1.807) is 0 Å². The summed E-state index contributed by atoms with van der Waals surface area (Å²) in [5.74, 6) is 2.86. The van der Waals surface area contributed by atoms with Crippen molar-refractivity contribution in [2.75, 3.05) is 36.0 Å². The van der Waals surface area contributed by atoms with Crippen molar-refractivity contribution in [3.8, 4) is 0 Å². The fourth-order valence-electron chi connectivity index (χ4n) is 3.72. The molecule has 1 fully saturated rings. The zero-order valence-corrected chi connectivity index (χ0v) is 15.7. The summed E-state index contributed by atoms with van der Waals surface area (Å²) in [4.78, 5) is 13.8. The maximum atomic E-state index is 4.62. The minimum Gasteiger partial charge on any atom is -0.353 e. The lowest BCUT2D eigenvalue weighted by molar-refractivity contribution is 0.633. The largest absolute Gasteiger partial charge is 0.353 e. The number of aromatic nitrogens is 7. The number of nitrogens with zero attached hydrogens (tertiary/aromatic N) is 9. The summed E-state index contributed by atoms with van der Waals surface area (Å²) in [6, 6.07) is 4.13. The van der Waals surface area contributed by atoms with Crippen LogP contribution in [0.2, 0.25) is 0 Å². The lowest BCUT2D eigenvalue weighted by Gasteiger charge is -2.36. The quantitative estimate of drug-likeness (QED) is 0.533. The van der Waals surface area contributed by atoms with E-state index in [1.165, 1.54) is 0 Å². The van der Waals surface area contributed by atoms with Gasteiger partial charge in [-0.2, -0.15) is 9.61 Å². The second kappa shape index (κ2) is 5.90. The van der Waals surface area contributed by atoms with Crippen LogP contribution in [0.1, 0.15) is 17.2 Å². The molecule has 0 amide bonds. The van der Waals surface area contributed by atoms with Crippen molar-refractivity contribution in [1.82, 2.24) is 34.2 Å². The van der Waals surface area contributed by atoms with Crippen molar-refractivity contribution in [3.63, 3.8) is 0 Å². The normalized spacial score (nSPS) is 15.2. The number of hydrogen-bond acceptors (Lipinski definition) is 7. The van der Waals surface area contributed by atoms with Crippen molar-refractivity contribution >= 4 is 22.9 Å². The van der Waals surface area contributed by atoms with Gasteiger partial charge >= 0.3 is 0 Å². The lowest BCUT2D eigenvalue weighted by Crippen LogP contribution is -2.47. The molecule has 9 heteroatoms. The van der Waals surface area contributed by atoms with Crippen molar-refractivity contribution in [3.05, 3.63) is 41.7 Å². The molecule has 5 rings (SSSR count). The highest BCUT2D eigenvalue weighted by Crippen LogP contribution is 2.23. The zero-order valence-electron chi connectivity index (χ0n) is 15.7. The van der Waals surface area contributed by atoms with E-state index in [0.29, 0.717) is 0 Å². The van der Waals surface area contributed by atoms with Gasteiger partial charge in [-0.25, -0.2) is 9.97 Å². The summed E-state index contributed by atoms with van der Waals surface area (Å²) < 4.78 is 3.93. The number of rotatable bonds is 2. The van der Waals surface area contributed by atoms with Crippen LogP contribution in [0.3, 0.4) is 0 Å². The molecule has 4 aromatic rings. The number of aryl methyl sites for hydroxylation is 3.